The third-order valence-corrected chi connectivity index (χ3v) is 3.73. The molecule has 0 saturated carbocycles. The number of fused-ring (bicyclic) bond motifs is 3. The number of hydrogen-bond acceptors (Lipinski definition) is 3. The van der Waals surface area contributed by atoms with Crippen molar-refractivity contribution in [1.82, 2.24) is 14.4 Å². The van der Waals surface area contributed by atoms with Gasteiger partial charge in [-0.25, -0.2) is 9.38 Å². The largest absolute Gasteiger partial charge is 0.369 e. The Balaban J connectivity index is 2.20. The van der Waals surface area contributed by atoms with Crippen molar-refractivity contribution in [3.8, 4) is 11.4 Å². The molecule has 4 aromatic rings. The van der Waals surface area contributed by atoms with Gasteiger partial charge >= 0.3 is 5.95 Å². The van der Waals surface area contributed by atoms with Crippen LogP contribution >= 0.6 is 0 Å². The molecule has 0 amide bonds. The van der Waals surface area contributed by atoms with E-state index in [1.807, 2.05) is 56.8 Å². The zero-order chi connectivity index (χ0) is 15.1. The number of nitrogens with zero attached hydrogens (tertiary/aromatic N) is 5. The van der Waals surface area contributed by atoms with E-state index in [4.69, 9.17) is 0 Å². The average Bonchev–Trinajstić information content (AvgIpc) is 2.90. The molecule has 0 aliphatic heterocycles. The van der Waals surface area contributed by atoms with E-state index in [0.29, 0.717) is 0 Å². The molecular weight excluding hydrogens is 274 g/mol. The van der Waals surface area contributed by atoms with E-state index >= 15 is 0 Å². The summed E-state index contributed by atoms with van der Waals surface area (Å²) in [5.41, 5.74) is 3.94. The molecule has 22 heavy (non-hydrogen) atoms. The minimum absolute atomic E-state index is 0.877. The van der Waals surface area contributed by atoms with Crippen LogP contribution in [0.2, 0.25) is 0 Å². The van der Waals surface area contributed by atoms with E-state index in [9.17, 15) is 0 Å². The Bertz CT molecular complexity index is 957. The number of hydrogen-bond donors (Lipinski definition) is 0. The molecule has 0 radical (unpaired) electrons. The van der Waals surface area contributed by atoms with Crippen molar-refractivity contribution in [2.45, 2.75) is 0 Å². The minimum atomic E-state index is 0.877. The third-order valence-electron chi connectivity index (χ3n) is 3.73. The second-order valence-electron chi connectivity index (χ2n) is 5.36. The van der Waals surface area contributed by atoms with E-state index in [0.717, 1.165) is 28.4 Å². The van der Waals surface area contributed by atoms with Crippen LogP contribution in [0, 0.1) is 0 Å². The first-order valence-electron chi connectivity index (χ1n) is 7.15. The van der Waals surface area contributed by atoms with E-state index in [1.165, 1.54) is 0 Å². The zero-order valence-corrected chi connectivity index (χ0v) is 12.5. The van der Waals surface area contributed by atoms with E-state index in [2.05, 4.69) is 35.9 Å². The lowest BCUT2D eigenvalue weighted by molar-refractivity contribution is -0.497. The second-order valence-corrected chi connectivity index (χ2v) is 5.36. The van der Waals surface area contributed by atoms with Gasteiger partial charge in [0.15, 0.2) is 5.52 Å². The van der Waals surface area contributed by atoms with Gasteiger partial charge in [-0.1, -0.05) is 12.1 Å². The molecule has 0 bridgehead atoms. The van der Waals surface area contributed by atoms with Crippen LogP contribution in [0.5, 0.6) is 0 Å². The molecule has 4 aromatic heterocycles. The van der Waals surface area contributed by atoms with Crippen molar-refractivity contribution in [2.24, 2.45) is 0 Å². The van der Waals surface area contributed by atoms with Gasteiger partial charge in [-0.15, -0.1) is 0 Å². The summed E-state index contributed by atoms with van der Waals surface area (Å²) in [6, 6.07) is 12.1. The maximum absolute atomic E-state index is 4.58. The summed E-state index contributed by atoms with van der Waals surface area (Å²) in [6.45, 7) is 0. The van der Waals surface area contributed by atoms with Gasteiger partial charge in [0.05, 0.1) is 38.4 Å². The van der Waals surface area contributed by atoms with Crippen LogP contribution in [0.4, 0.5) is 5.95 Å². The fraction of sp³-hybridized carbons (Fsp3) is 0.118. The average molecular weight is 290 g/mol. The van der Waals surface area contributed by atoms with Gasteiger partial charge in [0.1, 0.15) is 11.2 Å². The molecule has 0 aromatic carbocycles. The highest BCUT2D eigenvalue weighted by atomic mass is 15.3. The van der Waals surface area contributed by atoms with Crippen LogP contribution in [-0.2, 0) is 0 Å². The molecule has 0 saturated heterocycles. The number of pyridine rings is 2. The van der Waals surface area contributed by atoms with Crippen molar-refractivity contribution in [3.05, 3.63) is 61.2 Å². The number of anilines is 1. The topological polar surface area (TPSA) is 37.5 Å². The number of rotatable bonds is 2. The molecule has 5 heteroatoms. The summed E-state index contributed by atoms with van der Waals surface area (Å²) in [6.07, 6.45) is 7.68. The maximum atomic E-state index is 4.58. The van der Waals surface area contributed by atoms with E-state index in [1.54, 1.807) is 6.20 Å². The lowest BCUT2D eigenvalue weighted by Crippen LogP contribution is -2.30. The molecule has 0 unspecified atom stereocenters. The SMILES string of the molecule is CN(C)c1n2ccccc2c2c(-c3ccccn3)ncc[n+]12. The van der Waals surface area contributed by atoms with Crippen molar-refractivity contribution < 1.29 is 4.40 Å². The van der Waals surface area contributed by atoms with Gasteiger partial charge in [0.2, 0.25) is 0 Å². The van der Waals surface area contributed by atoms with Crippen LogP contribution in [0.15, 0.2) is 61.2 Å². The Morgan fingerprint density at radius 1 is 1.00 bits per heavy atom. The summed E-state index contributed by atoms with van der Waals surface area (Å²) in [4.78, 5) is 11.1. The van der Waals surface area contributed by atoms with Crippen molar-refractivity contribution in [2.75, 3.05) is 19.0 Å². The smallest absolute Gasteiger partial charge is 0.269 e. The van der Waals surface area contributed by atoms with Crippen molar-refractivity contribution >= 4 is 17.0 Å². The van der Waals surface area contributed by atoms with Gasteiger partial charge in [0.25, 0.3) is 0 Å². The molecule has 0 N–H and O–H groups in total. The van der Waals surface area contributed by atoms with Crippen LogP contribution < -0.4 is 9.30 Å². The Kier molecular flexibility index (Phi) is 2.79. The Labute approximate surface area is 128 Å². The van der Waals surface area contributed by atoms with Crippen LogP contribution in [-0.4, -0.2) is 28.5 Å². The Hall–Kier alpha value is -2.95. The predicted octanol–water partition coefficient (Wildman–Crippen LogP) is 2.20. The summed E-state index contributed by atoms with van der Waals surface area (Å²) in [5.74, 6) is 1.07. The quantitative estimate of drug-likeness (QED) is 0.531. The summed E-state index contributed by atoms with van der Waals surface area (Å²) >= 11 is 0. The normalized spacial score (nSPS) is 11.2. The van der Waals surface area contributed by atoms with E-state index < -0.39 is 0 Å². The van der Waals surface area contributed by atoms with Gasteiger partial charge in [-0.2, -0.15) is 4.40 Å². The van der Waals surface area contributed by atoms with Crippen LogP contribution in [0.25, 0.3) is 22.4 Å². The highest BCUT2D eigenvalue weighted by Gasteiger charge is 2.24. The van der Waals surface area contributed by atoms with Crippen LogP contribution in [0.3, 0.4) is 0 Å². The minimum Gasteiger partial charge on any atom is -0.269 e. The molecule has 0 aliphatic carbocycles. The second kappa shape index (κ2) is 4.80. The standard InChI is InChI=1S/C17H16N5/c1-20(2)17-21-11-6-4-8-14(21)16-15(19-10-12-22(16)17)13-7-3-5-9-18-13/h3-12H,1-2H3/q+1. The van der Waals surface area contributed by atoms with Crippen molar-refractivity contribution in [1.29, 1.82) is 0 Å². The molecule has 0 atom stereocenters. The first-order chi connectivity index (χ1) is 10.8. The molecule has 4 rings (SSSR count). The monoisotopic (exact) mass is 290 g/mol. The van der Waals surface area contributed by atoms with Crippen molar-refractivity contribution in [3.63, 3.8) is 0 Å². The first-order valence-corrected chi connectivity index (χ1v) is 7.15. The summed E-state index contributed by atoms with van der Waals surface area (Å²) < 4.78 is 4.33. The van der Waals surface area contributed by atoms with Gasteiger partial charge in [0, 0.05) is 6.20 Å². The van der Waals surface area contributed by atoms with Crippen LogP contribution in [0.1, 0.15) is 0 Å². The summed E-state index contributed by atoms with van der Waals surface area (Å²) in [5, 5.41) is 0. The Morgan fingerprint density at radius 3 is 2.64 bits per heavy atom. The zero-order valence-electron chi connectivity index (χ0n) is 12.5. The highest BCUT2D eigenvalue weighted by Crippen LogP contribution is 2.25. The number of imidazole rings is 1. The molecular formula is C17H16N5+. The third kappa shape index (κ3) is 1.75. The lowest BCUT2D eigenvalue weighted by atomic mass is 10.2. The predicted molar refractivity (Wildman–Crippen MR) is 85.9 cm³/mol. The lowest BCUT2D eigenvalue weighted by Gasteiger charge is -2.04. The molecule has 108 valence electrons. The van der Waals surface area contributed by atoms with Gasteiger partial charge in [-0.3, -0.25) is 9.88 Å². The maximum Gasteiger partial charge on any atom is 0.369 e. The molecule has 0 aliphatic rings. The highest BCUT2D eigenvalue weighted by molar-refractivity contribution is 5.86. The molecule has 0 fully saturated rings. The molecule has 0 spiro atoms. The number of aromatic nitrogens is 4. The fourth-order valence-corrected chi connectivity index (χ4v) is 2.88. The van der Waals surface area contributed by atoms with Gasteiger partial charge in [-0.05, 0) is 24.3 Å². The molecule has 4 heterocycles. The summed E-state index contributed by atoms with van der Waals surface area (Å²) in [7, 11) is 4.09. The van der Waals surface area contributed by atoms with E-state index in [-0.39, 0.29) is 0 Å². The molecule has 5 nitrogen and oxygen atoms in total. The first kappa shape index (κ1) is 12.8. The van der Waals surface area contributed by atoms with Gasteiger partial charge < -0.3 is 0 Å². The fourth-order valence-electron chi connectivity index (χ4n) is 2.88. The Morgan fingerprint density at radius 2 is 1.86 bits per heavy atom.